The highest BCUT2D eigenvalue weighted by atomic mass is 15.0. The Labute approximate surface area is 302 Å². The first-order valence-corrected chi connectivity index (χ1v) is 17.8. The third-order valence-electron chi connectivity index (χ3n) is 11.5. The SMILES string of the molecule is C.c1ccc(-n2c3ccc(-c4ccc5c6c(cccc46)-c4ccccc4-5)cc3c3cc(-c4ccc5c6c(cccc46)-c4ccccc4-5)ccc32)cc1. The van der Waals surface area contributed by atoms with Crippen molar-refractivity contribution >= 4 is 43.4 Å². The van der Waals surface area contributed by atoms with Crippen molar-refractivity contribution in [1.29, 1.82) is 0 Å². The summed E-state index contributed by atoms with van der Waals surface area (Å²) >= 11 is 0. The minimum Gasteiger partial charge on any atom is -0.309 e. The van der Waals surface area contributed by atoms with Crippen molar-refractivity contribution in [3.63, 3.8) is 0 Å². The first-order chi connectivity index (χ1) is 25.3. The number of hydrogen-bond donors (Lipinski definition) is 0. The molecular weight excluding hydrogens is 627 g/mol. The smallest absolute Gasteiger partial charge is 0.0541 e. The molecule has 0 N–H and O–H groups in total. The first kappa shape index (κ1) is 29.1. The minimum atomic E-state index is 0. The molecule has 0 fully saturated rings. The lowest BCUT2D eigenvalue weighted by Crippen LogP contribution is -1.93. The van der Waals surface area contributed by atoms with Crippen LogP contribution in [-0.4, -0.2) is 4.57 Å². The number of aromatic nitrogens is 1. The van der Waals surface area contributed by atoms with E-state index in [0.29, 0.717) is 0 Å². The summed E-state index contributed by atoms with van der Waals surface area (Å²) < 4.78 is 2.42. The quantitative estimate of drug-likeness (QED) is 0.178. The van der Waals surface area contributed by atoms with Crippen LogP contribution >= 0.6 is 0 Å². The maximum atomic E-state index is 2.43. The highest BCUT2D eigenvalue weighted by Crippen LogP contribution is 2.51. The Bertz CT molecular complexity index is 2870. The molecule has 1 nitrogen and oxygen atoms in total. The van der Waals surface area contributed by atoms with Gasteiger partial charge in [0, 0.05) is 16.5 Å². The van der Waals surface area contributed by atoms with Crippen molar-refractivity contribution in [2.24, 2.45) is 0 Å². The third kappa shape index (κ3) is 3.77. The van der Waals surface area contributed by atoms with E-state index < -0.39 is 0 Å². The Morgan fingerprint density at radius 3 is 1.12 bits per heavy atom. The van der Waals surface area contributed by atoms with Gasteiger partial charge < -0.3 is 4.57 Å². The van der Waals surface area contributed by atoms with E-state index in [4.69, 9.17) is 0 Å². The average molecular weight is 660 g/mol. The predicted molar refractivity (Wildman–Crippen MR) is 222 cm³/mol. The standard InChI is InChI=1S/C50H29N.CH4/c1-2-10-32(11-3-1)51-47-26-20-30(33-22-24-43-37-14-6-4-12-35(37)41-18-8-16-39(33)49(41)43)28-45(47)46-29-31(21-27-48(46)51)34-23-25-44-38-15-7-5-13-36(38)42-19-9-17-40(34)50(42)44;/h1-29H;1H4. The fourth-order valence-electron chi connectivity index (χ4n) is 9.33. The van der Waals surface area contributed by atoms with Gasteiger partial charge in [0.1, 0.15) is 0 Å². The maximum Gasteiger partial charge on any atom is 0.0541 e. The number of hydrogen-bond acceptors (Lipinski definition) is 0. The molecule has 0 unspecified atom stereocenters. The van der Waals surface area contributed by atoms with E-state index in [1.54, 1.807) is 0 Å². The van der Waals surface area contributed by atoms with Crippen LogP contribution in [0, 0.1) is 0 Å². The topological polar surface area (TPSA) is 4.93 Å². The van der Waals surface area contributed by atoms with Crippen molar-refractivity contribution in [2.45, 2.75) is 7.43 Å². The van der Waals surface area contributed by atoms with Crippen LogP contribution in [0.1, 0.15) is 7.43 Å². The zero-order valence-electron chi connectivity index (χ0n) is 27.7. The summed E-state index contributed by atoms with van der Waals surface area (Å²) in [5, 5.41) is 7.86. The van der Waals surface area contributed by atoms with Crippen molar-refractivity contribution < 1.29 is 0 Å². The minimum absolute atomic E-state index is 0. The van der Waals surface area contributed by atoms with Crippen LogP contribution in [-0.2, 0) is 0 Å². The molecule has 9 aromatic carbocycles. The molecule has 1 heteroatoms. The van der Waals surface area contributed by atoms with Gasteiger partial charge in [-0.1, -0.05) is 147 Å². The molecule has 0 atom stereocenters. The number of fused-ring (bicyclic) bond motifs is 9. The van der Waals surface area contributed by atoms with Gasteiger partial charge in [0.2, 0.25) is 0 Å². The summed E-state index contributed by atoms with van der Waals surface area (Å²) in [5.41, 5.74) is 19.3. The number of nitrogens with zero attached hydrogens (tertiary/aromatic N) is 1. The summed E-state index contributed by atoms with van der Waals surface area (Å²) in [5.74, 6) is 0. The monoisotopic (exact) mass is 659 g/mol. The highest BCUT2D eigenvalue weighted by molar-refractivity contribution is 6.21. The van der Waals surface area contributed by atoms with Crippen molar-refractivity contribution in [1.82, 2.24) is 4.57 Å². The van der Waals surface area contributed by atoms with E-state index in [9.17, 15) is 0 Å². The molecule has 242 valence electrons. The highest BCUT2D eigenvalue weighted by Gasteiger charge is 2.24. The van der Waals surface area contributed by atoms with Crippen molar-refractivity contribution in [3.05, 3.63) is 176 Å². The molecule has 0 radical (unpaired) electrons. The predicted octanol–water partition coefficient (Wildman–Crippen LogP) is 14.4. The summed E-state index contributed by atoms with van der Waals surface area (Å²) in [7, 11) is 0. The van der Waals surface area contributed by atoms with Crippen LogP contribution in [0.25, 0.3) is 116 Å². The normalized spacial score (nSPS) is 12.1. The summed E-state index contributed by atoms with van der Waals surface area (Å²) in [6.07, 6.45) is 0. The lowest BCUT2D eigenvalue weighted by atomic mass is 9.92. The Morgan fingerprint density at radius 2 is 0.654 bits per heavy atom. The zero-order valence-corrected chi connectivity index (χ0v) is 27.7. The van der Waals surface area contributed by atoms with Gasteiger partial charge in [-0.05, 0) is 125 Å². The van der Waals surface area contributed by atoms with E-state index in [1.807, 2.05) is 0 Å². The van der Waals surface area contributed by atoms with E-state index >= 15 is 0 Å². The number of para-hydroxylation sites is 1. The molecule has 12 rings (SSSR count). The second-order valence-corrected chi connectivity index (χ2v) is 14.0. The first-order valence-electron chi connectivity index (χ1n) is 17.8. The van der Waals surface area contributed by atoms with Crippen LogP contribution in [0.3, 0.4) is 0 Å². The van der Waals surface area contributed by atoms with Gasteiger partial charge in [-0.2, -0.15) is 0 Å². The van der Waals surface area contributed by atoms with Crippen molar-refractivity contribution in [2.75, 3.05) is 0 Å². The van der Waals surface area contributed by atoms with E-state index in [1.165, 1.54) is 116 Å². The molecule has 0 spiro atoms. The van der Waals surface area contributed by atoms with E-state index in [-0.39, 0.29) is 7.43 Å². The Kier molecular flexibility index (Phi) is 5.96. The van der Waals surface area contributed by atoms with Gasteiger partial charge in [0.25, 0.3) is 0 Å². The van der Waals surface area contributed by atoms with E-state index in [0.717, 1.165) is 0 Å². The Balaban J connectivity index is 0.00000320. The molecule has 0 aliphatic heterocycles. The van der Waals surface area contributed by atoms with Gasteiger partial charge in [0.15, 0.2) is 0 Å². The van der Waals surface area contributed by atoms with Gasteiger partial charge in [-0.15, -0.1) is 0 Å². The van der Waals surface area contributed by atoms with Crippen LogP contribution in [0.4, 0.5) is 0 Å². The fraction of sp³-hybridized carbons (Fsp3) is 0.0196. The van der Waals surface area contributed by atoms with Crippen molar-refractivity contribution in [3.8, 4) is 72.4 Å². The third-order valence-corrected chi connectivity index (χ3v) is 11.5. The molecular formula is C51H33N. The van der Waals surface area contributed by atoms with Gasteiger partial charge in [-0.25, -0.2) is 0 Å². The lowest BCUT2D eigenvalue weighted by molar-refractivity contribution is 1.18. The zero-order chi connectivity index (χ0) is 33.2. The summed E-state index contributed by atoms with van der Waals surface area (Å²) in [4.78, 5) is 0. The average Bonchev–Trinajstić information content (AvgIpc) is 3.83. The molecule has 0 saturated heterocycles. The van der Waals surface area contributed by atoms with Gasteiger partial charge in [-0.3, -0.25) is 0 Å². The maximum absolute atomic E-state index is 2.43. The Hall–Kier alpha value is -6.70. The van der Waals surface area contributed by atoms with Crippen LogP contribution in [0.5, 0.6) is 0 Å². The molecule has 1 aromatic heterocycles. The summed E-state index contributed by atoms with van der Waals surface area (Å²) in [6, 6.07) is 65.4. The van der Waals surface area contributed by atoms with Crippen LogP contribution in [0.2, 0.25) is 0 Å². The van der Waals surface area contributed by atoms with Gasteiger partial charge in [0.05, 0.1) is 11.0 Å². The summed E-state index contributed by atoms with van der Waals surface area (Å²) in [6.45, 7) is 0. The van der Waals surface area contributed by atoms with Gasteiger partial charge >= 0.3 is 0 Å². The molecule has 52 heavy (non-hydrogen) atoms. The molecule has 1 heterocycles. The molecule has 0 amide bonds. The molecule has 0 bridgehead atoms. The van der Waals surface area contributed by atoms with Crippen LogP contribution < -0.4 is 0 Å². The second-order valence-electron chi connectivity index (χ2n) is 14.0. The number of benzene rings is 9. The molecule has 2 aliphatic rings. The molecule has 0 saturated carbocycles. The lowest BCUT2D eigenvalue weighted by Gasteiger charge is -2.11. The van der Waals surface area contributed by atoms with E-state index in [2.05, 4.69) is 180 Å². The largest absolute Gasteiger partial charge is 0.309 e. The molecule has 2 aliphatic carbocycles. The fourth-order valence-corrected chi connectivity index (χ4v) is 9.33. The second kappa shape index (κ2) is 10.7. The van der Waals surface area contributed by atoms with Crippen LogP contribution in [0.15, 0.2) is 176 Å². The Morgan fingerprint density at radius 1 is 0.269 bits per heavy atom. The molecule has 10 aromatic rings. The number of rotatable bonds is 3.